The van der Waals surface area contributed by atoms with E-state index in [1.54, 1.807) is 7.05 Å². The van der Waals surface area contributed by atoms with Crippen LogP contribution in [-0.4, -0.2) is 46.7 Å². The van der Waals surface area contributed by atoms with Gasteiger partial charge in [0.05, 0.1) is 6.10 Å². The Balaban J connectivity index is 1.40. The molecular formula is C27H45NO4. The molecule has 32 heavy (non-hydrogen) atoms. The first-order valence-electron chi connectivity index (χ1n) is 13.2. The van der Waals surface area contributed by atoms with E-state index in [-0.39, 0.29) is 18.6 Å². The number of fused-ring (bicyclic) bond motifs is 5. The number of rotatable bonds is 6. The average molecular weight is 448 g/mol. The number of hydrogen-bond acceptors (Lipinski definition) is 3. The summed E-state index contributed by atoms with van der Waals surface area (Å²) in [6.07, 6.45) is 12.4. The van der Waals surface area contributed by atoms with Gasteiger partial charge in [-0.25, -0.2) is 0 Å². The molecule has 4 aliphatic rings. The van der Waals surface area contributed by atoms with Gasteiger partial charge in [-0.2, -0.15) is 0 Å². The van der Waals surface area contributed by atoms with Crippen molar-refractivity contribution in [1.29, 1.82) is 0 Å². The van der Waals surface area contributed by atoms with Crippen LogP contribution in [0.4, 0.5) is 0 Å². The summed E-state index contributed by atoms with van der Waals surface area (Å²) in [5, 5.41) is 19.2. The highest BCUT2D eigenvalue weighted by atomic mass is 16.4. The van der Waals surface area contributed by atoms with Crippen LogP contribution >= 0.6 is 0 Å². The van der Waals surface area contributed by atoms with Crippen molar-refractivity contribution in [3.8, 4) is 0 Å². The molecule has 4 rings (SSSR count). The Morgan fingerprint density at radius 2 is 1.69 bits per heavy atom. The molecule has 4 fully saturated rings. The lowest BCUT2D eigenvalue weighted by atomic mass is 9.44. The first-order valence-corrected chi connectivity index (χ1v) is 13.2. The van der Waals surface area contributed by atoms with E-state index >= 15 is 0 Å². The third-order valence-electron chi connectivity index (χ3n) is 11.0. The van der Waals surface area contributed by atoms with Crippen LogP contribution in [0, 0.1) is 46.3 Å². The average Bonchev–Trinajstić information content (AvgIpc) is 3.09. The van der Waals surface area contributed by atoms with E-state index in [2.05, 4.69) is 20.8 Å². The van der Waals surface area contributed by atoms with Crippen molar-refractivity contribution in [2.24, 2.45) is 46.3 Å². The van der Waals surface area contributed by atoms with Gasteiger partial charge in [0.2, 0.25) is 5.91 Å². The molecular weight excluding hydrogens is 402 g/mol. The maximum Gasteiger partial charge on any atom is 0.323 e. The van der Waals surface area contributed by atoms with E-state index in [1.165, 1.54) is 49.8 Å². The third kappa shape index (κ3) is 4.12. The summed E-state index contributed by atoms with van der Waals surface area (Å²) >= 11 is 0. The summed E-state index contributed by atoms with van der Waals surface area (Å²) in [4.78, 5) is 24.6. The fourth-order valence-corrected chi connectivity index (χ4v) is 9.24. The highest BCUT2D eigenvalue weighted by molar-refractivity contribution is 5.80. The second-order valence-corrected chi connectivity index (χ2v) is 12.5. The quantitative estimate of drug-likeness (QED) is 0.603. The summed E-state index contributed by atoms with van der Waals surface area (Å²) in [5.41, 5.74) is 0.808. The van der Waals surface area contributed by atoms with Gasteiger partial charge in [-0.05, 0) is 111 Å². The van der Waals surface area contributed by atoms with E-state index in [9.17, 15) is 14.7 Å². The molecule has 1 amide bonds. The Labute approximate surface area is 194 Å². The molecule has 5 heteroatoms. The molecule has 182 valence electrons. The lowest BCUT2D eigenvalue weighted by Crippen LogP contribution is -2.54. The zero-order valence-corrected chi connectivity index (χ0v) is 20.7. The van der Waals surface area contributed by atoms with Gasteiger partial charge >= 0.3 is 5.97 Å². The Hall–Kier alpha value is -1.10. The number of aliphatic carboxylic acids is 1. The zero-order chi connectivity index (χ0) is 23.3. The molecule has 4 saturated carbocycles. The van der Waals surface area contributed by atoms with Crippen molar-refractivity contribution >= 4 is 11.9 Å². The number of carbonyl (C=O) groups is 2. The van der Waals surface area contributed by atoms with Gasteiger partial charge in [0.15, 0.2) is 0 Å². The van der Waals surface area contributed by atoms with Gasteiger partial charge in [0.25, 0.3) is 0 Å². The molecule has 0 bridgehead atoms. The Morgan fingerprint density at radius 3 is 2.41 bits per heavy atom. The summed E-state index contributed by atoms with van der Waals surface area (Å²) in [7, 11) is 1.59. The van der Waals surface area contributed by atoms with Crippen LogP contribution in [0.2, 0.25) is 0 Å². The van der Waals surface area contributed by atoms with Crippen molar-refractivity contribution in [3.63, 3.8) is 0 Å². The molecule has 4 aliphatic carbocycles. The smallest absolute Gasteiger partial charge is 0.323 e. The van der Waals surface area contributed by atoms with E-state index < -0.39 is 5.97 Å². The minimum absolute atomic E-state index is 0.0478. The maximum absolute atomic E-state index is 12.4. The Morgan fingerprint density at radius 1 is 1.00 bits per heavy atom. The number of hydrogen-bond donors (Lipinski definition) is 2. The predicted molar refractivity (Wildman–Crippen MR) is 125 cm³/mol. The number of aliphatic hydroxyl groups excluding tert-OH is 1. The van der Waals surface area contributed by atoms with Crippen molar-refractivity contribution < 1.29 is 19.8 Å². The van der Waals surface area contributed by atoms with Crippen LogP contribution in [0.3, 0.4) is 0 Å². The van der Waals surface area contributed by atoms with Crippen LogP contribution in [0.15, 0.2) is 0 Å². The molecule has 0 aromatic heterocycles. The molecule has 0 radical (unpaired) electrons. The maximum atomic E-state index is 12.4. The SMILES string of the molecule is CC(CCC(=O)N(C)CC(=O)O)C1CCC2C3CCC4CC(O)CCC4(C)C3CCC12C. The van der Waals surface area contributed by atoms with E-state index in [4.69, 9.17) is 5.11 Å². The van der Waals surface area contributed by atoms with Crippen molar-refractivity contribution in [2.45, 2.75) is 97.5 Å². The van der Waals surface area contributed by atoms with Crippen LogP contribution in [-0.2, 0) is 9.59 Å². The number of likely N-dealkylation sites (N-methyl/N-ethyl adjacent to an activating group) is 1. The van der Waals surface area contributed by atoms with Gasteiger partial charge in [-0.15, -0.1) is 0 Å². The summed E-state index contributed by atoms with van der Waals surface area (Å²) in [6, 6.07) is 0. The lowest BCUT2D eigenvalue weighted by molar-refractivity contribution is -0.143. The molecule has 2 N–H and O–H groups in total. The first kappa shape index (κ1) is 24.0. The van der Waals surface area contributed by atoms with E-state index in [1.807, 2.05) is 0 Å². The minimum Gasteiger partial charge on any atom is -0.480 e. The second kappa shape index (κ2) is 8.92. The van der Waals surface area contributed by atoms with E-state index in [0.717, 1.165) is 37.0 Å². The van der Waals surface area contributed by atoms with Gasteiger partial charge in [0.1, 0.15) is 6.54 Å². The topological polar surface area (TPSA) is 77.8 Å². The second-order valence-electron chi connectivity index (χ2n) is 12.5. The standard InChI is InChI=1S/C27H45NO4/c1-17(5-10-24(30)28(4)16-25(31)32)21-8-9-22-20-7-6-18-15-19(29)11-13-26(18,2)23(20)12-14-27(21,22)3/h17-23,29H,5-16H2,1-4H3,(H,31,32). The largest absolute Gasteiger partial charge is 0.480 e. The molecule has 0 heterocycles. The van der Waals surface area contributed by atoms with E-state index in [0.29, 0.717) is 35.0 Å². The molecule has 9 unspecified atom stereocenters. The van der Waals surface area contributed by atoms with Crippen LogP contribution < -0.4 is 0 Å². The van der Waals surface area contributed by atoms with Crippen molar-refractivity contribution in [2.75, 3.05) is 13.6 Å². The predicted octanol–water partition coefficient (Wildman–Crippen LogP) is 4.97. The van der Waals surface area contributed by atoms with Crippen LogP contribution in [0.25, 0.3) is 0 Å². The Bertz CT molecular complexity index is 724. The number of carbonyl (C=O) groups excluding carboxylic acids is 1. The third-order valence-corrected chi connectivity index (χ3v) is 11.0. The van der Waals surface area contributed by atoms with Gasteiger partial charge in [-0.3, -0.25) is 9.59 Å². The van der Waals surface area contributed by atoms with Crippen LogP contribution in [0.5, 0.6) is 0 Å². The zero-order valence-electron chi connectivity index (χ0n) is 20.7. The molecule has 5 nitrogen and oxygen atoms in total. The highest BCUT2D eigenvalue weighted by Gasteiger charge is 2.60. The lowest BCUT2D eigenvalue weighted by Gasteiger charge is -2.61. The van der Waals surface area contributed by atoms with Gasteiger partial charge in [-0.1, -0.05) is 20.8 Å². The normalized spacial score (nSPS) is 44.2. The summed E-state index contributed by atoms with van der Waals surface area (Å²) in [5.74, 6) is 3.36. The first-order chi connectivity index (χ1) is 15.1. The molecule has 9 atom stereocenters. The summed E-state index contributed by atoms with van der Waals surface area (Å²) in [6.45, 7) is 7.22. The fraction of sp³-hybridized carbons (Fsp3) is 0.926. The number of nitrogens with zero attached hydrogens (tertiary/aromatic N) is 1. The van der Waals surface area contributed by atoms with Gasteiger partial charge < -0.3 is 15.1 Å². The highest BCUT2D eigenvalue weighted by Crippen LogP contribution is 2.68. The minimum atomic E-state index is -0.951. The number of amides is 1. The molecule has 0 aliphatic heterocycles. The molecule has 0 spiro atoms. The van der Waals surface area contributed by atoms with Gasteiger partial charge in [0, 0.05) is 13.5 Å². The van der Waals surface area contributed by atoms with Crippen LogP contribution in [0.1, 0.15) is 91.4 Å². The number of aliphatic hydroxyl groups is 1. The van der Waals surface area contributed by atoms with Crippen molar-refractivity contribution in [3.05, 3.63) is 0 Å². The van der Waals surface area contributed by atoms with Crippen molar-refractivity contribution in [1.82, 2.24) is 4.90 Å². The number of carboxylic acids is 1. The molecule has 0 aromatic rings. The fourth-order valence-electron chi connectivity index (χ4n) is 9.24. The molecule has 0 saturated heterocycles. The number of carboxylic acid groups (broad SMARTS) is 1. The molecule has 0 aromatic carbocycles. The Kier molecular flexibility index (Phi) is 6.70. The summed E-state index contributed by atoms with van der Waals surface area (Å²) < 4.78 is 0. The monoisotopic (exact) mass is 447 g/mol.